The summed E-state index contributed by atoms with van der Waals surface area (Å²) in [4.78, 5) is 27.1. The van der Waals surface area contributed by atoms with E-state index in [-0.39, 0.29) is 5.91 Å². The minimum Gasteiger partial charge on any atom is -0.356 e. The zero-order chi connectivity index (χ0) is 14.8. The number of H-pyrrole nitrogens is 1. The van der Waals surface area contributed by atoms with Crippen LogP contribution in [0.3, 0.4) is 0 Å². The Bertz CT molecular complexity index is 791. The number of nitrogens with one attached hydrogen (secondary N) is 3. The molecule has 0 aliphatic carbocycles. The van der Waals surface area contributed by atoms with Crippen LogP contribution in [0.1, 0.15) is 20.2 Å². The van der Waals surface area contributed by atoms with E-state index >= 15 is 0 Å². The fourth-order valence-corrected chi connectivity index (χ4v) is 3.14. The van der Waals surface area contributed by atoms with Gasteiger partial charge in [-0.15, -0.1) is 11.3 Å². The van der Waals surface area contributed by atoms with Crippen LogP contribution in [0.4, 0.5) is 0 Å². The quantitative estimate of drug-likeness (QED) is 0.612. The lowest BCUT2D eigenvalue weighted by Crippen LogP contribution is -2.41. The number of thiophene rings is 1. The summed E-state index contributed by atoms with van der Waals surface area (Å²) in [7, 11) is 0. The number of hydrogen-bond donors (Lipinski definition) is 3. The molecule has 1 aromatic carbocycles. The standard InChI is InChI=1S/C14H10BrN3O2S/c15-9-6-10(16-7-9)13(19)17-18-14(20)12-5-8-3-1-2-4-11(8)21-12/h1-7,16H,(H,17,19)(H,18,20). The topological polar surface area (TPSA) is 74.0 Å². The van der Waals surface area contributed by atoms with Crippen molar-refractivity contribution in [3.05, 3.63) is 57.6 Å². The molecule has 0 bridgehead atoms. The maximum absolute atomic E-state index is 12.0. The zero-order valence-electron chi connectivity index (χ0n) is 10.6. The summed E-state index contributed by atoms with van der Waals surface area (Å²) >= 11 is 4.62. The summed E-state index contributed by atoms with van der Waals surface area (Å²) in [5.74, 6) is -0.745. The van der Waals surface area contributed by atoms with Gasteiger partial charge in [-0.2, -0.15) is 0 Å². The van der Waals surface area contributed by atoms with Gasteiger partial charge in [-0.3, -0.25) is 20.4 Å². The number of carbonyl (C=O) groups is 2. The third-order valence-corrected chi connectivity index (χ3v) is 4.40. The van der Waals surface area contributed by atoms with Crippen LogP contribution in [0.5, 0.6) is 0 Å². The zero-order valence-corrected chi connectivity index (χ0v) is 13.0. The first kappa shape index (κ1) is 13.8. The van der Waals surface area contributed by atoms with Gasteiger partial charge in [0.05, 0.1) is 4.88 Å². The average molecular weight is 364 g/mol. The fourth-order valence-electron chi connectivity index (χ4n) is 1.84. The van der Waals surface area contributed by atoms with E-state index in [1.165, 1.54) is 11.3 Å². The smallest absolute Gasteiger partial charge is 0.286 e. The Kier molecular flexibility index (Phi) is 3.76. The minimum atomic E-state index is -0.407. The van der Waals surface area contributed by atoms with Gasteiger partial charge in [0.25, 0.3) is 11.8 Å². The summed E-state index contributed by atoms with van der Waals surface area (Å²) in [6.07, 6.45) is 1.64. The summed E-state index contributed by atoms with van der Waals surface area (Å²) in [6, 6.07) is 11.2. The minimum absolute atomic E-state index is 0.338. The van der Waals surface area contributed by atoms with Crippen molar-refractivity contribution in [1.82, 2.24) is 15.8 Å². The molecule has 3 aromatic rings. The van der Waals surface area contributed by atoms with Crippen molar-refractivity contribution in [3.63, 3.8) is 0 Å². The molecule has 2 aromatic heterocycles. The molecular weight excluding hydrogens is 354 g/mol. The van der Waals surface area contributed by atoms with Crippen LogP contribution in [0, 0.1) is 0 Å². The molecule has 0 aliphatic heterocycles. The van der Waals surface area contributed by atoms with Gasteiger partial charge in [-0.25, -0.2) is 0 Å². The molecule has 0 atom stereocenters. The van der Waals surface area contributed by atoms with Gasteiger partial charge in [0.15, 0.2) is 0 Å². The van der Waals surface area contributed by atoms with E-state index in [0.29, 0.717) is 10.6 Å². The van der Waals surface area contributed by atoms with Gasteiger partial charge in [0, 0.05) is 15.4 Å². The molecule has 0 aliphatic rings. The first-order valence-corrected chi connectivity index (χ1v) is 7.67. The lowest BCUT2D eigenvalue weighted by Gasteiger charge is -2.04. The summed E-state index contributed by atoms with van der Waals surface area (Å²) in [5, 5.41) is 1.01. The molecule has 106 valence electrons. The first-order chi connectivity index (χ1) is 10.1. The van der Waals surface area contributed by atoms with Crippen LogP contribution in [0.2, 0.25) is 0 Å². The van der Waals surface area contributed by atoms with Gasteiger partial charge in [0.1, 0.15) is 5.69 Å². The number of halogens is 1. The lowest BCUT2D eigenvalue weighted by molar-refractivity contribution is 0.0846. The van der Waals surface area contributed by atoms with E-state index in [4.69, 9.17) is 0 Å². The molecule has 3 N–H and O–H groups in total. The van der Waals surface area contributed by atoms with Crippen LogP contribution in [-0.4, -0.2) is 16.8 Å². The van der Waals surface area contributed by atoms with Gasteiger partial charge >= 0.3 is 0 Å². The summed E-state index contributed by atoms with van der Waals surface area (Å²) in [6.45, 7) is 0. The fraction of sp³-hybridized carbons (Fsp3) is 0. The monoisotopic (exact) mass is 363 g/mol. The number of hydrogen-bond acceptors (Lipinski definition) is 3. The number of hydrazine groups is 1. The predicted octanol–water partition coefficient (Wildman–Crippen LogP) is 3.07. The molecule has 2 amide bonds. The van der Waals surface area contributed by atoms with Crippen LogP contribution in [0.25, 0.3) is 10.1 Å². The van der Waals surface area contributed by atoms with Gasteiger partial charge in [-0.1, -0.05) is 18.2 Å². The number of benzene rings is 1. The third kappa shape index (κ3) is 2.98. The first-order valence-electron chi connectivity index (χ1n) is 6.06. The van der Waals surface area contributed by atoms with Gasteiger partial charge in [0.2, 0.25) is 0 Å². The van der Waals surface area contributed by atoms with Crippen LogP contribution in [-0.2, 0) is 0 Å². The van der Waals surface area contributed by atoms with E-state index < -0.39 is 5.91 Å². The molecule has 0 unspecified atom stereocenters. The van der Waals surface area contributed by atoms with E-state index in [1.54, 1.807) is 18.3 Å². The van der Waals surface area contributed by atoms with E-state index in [2.05, 4.69) is 31.8 Å². The van der Waals surface area contributed by atoms with Crippen molar-refractivity contribution in [2.45, 2.75) is 0 Å². The lowest BCUT2D eigenvalue weighted by atomic mass is 10.2. The average Bonchev–Trinajstić information content (AvgIpc) is 3.10. The predicted molar refractivity (Wildman–Crippen MR) is 85.3 cm³/mol. The highest BCUT2D eigenvalue weighted by Crippen LogP contribution is 2.24. The molecule has 5 nitrogen and oxygen atoms in total. The van der Waals surface area contributed by atoms with Crippen molar-refractivity contribution in [3.8, 4) is 0 Å². The van der Waals surface area contributed by atoms with Crippen LogP contribution >= 0.6 is 27.3 Å². The highest BCUT2D eigenvalue weighted by molar-refractivity contribution is 9.10. The molecule has 3 rings (SSSR count). The summed E-state index contributed by atoms with van der Waals surface area (Å²) < 4.78 is 1.80. The Morgan fingerprint density at radius 3 is 2.57 bits per heavy atom. The maximum Gasteiger partial charge on any atom is 0.286 e. The Morgan fingerprint density at radius 2 is 1.86 bits per heavy atom. The Balaban J connectivity index is 1.67. The molecule has 2 heterocycles. The number of aromatic nitrogens is 1. The molecule has 21 heavy (non-hydrogen) atoms. The number of amides is 2. The molecule has 0 spiro atoms. The second-order valence-corrected chi connectivity index (χ2v) is 6.29. The van der Waals surface area contributed by atoms with Crippen molar-refractivity contribution < 1.29 is 9.59 Å². The van der Waals surface area contributed by atoms with Crippen molar-refractivity contribution >= 4 is 49.2 Å². The summed E-state index contributed by atoms with van der Waals surface area (Å²) in [5.41, 5.74) is 5.13. The van der Waals surface area contributed by atoms with E-state index in [1.807, 2.05) is 24.3 Å². The van der Waals surface area contributed by atoms with Crippen LogP contribution < -0.4 is 10.9 Å². The second kappa shape index (κ2) is 5.71. The highest BCUT2D eigenvalue weighted by atomic mass is 79.9. The maximum atomic E-state index is 12.0. The normalized spacial score (nSPS) is 10.5. The Morgan fingerprint density at radius 1 is 1.10 bits per heavy atom. The molecule has 0 saturated carbocycles. The van der Waals surface area contributed by atoms with Crippen LogP contribution in [0.15, 0.2) is 47.1 Å². The van der Waals surface area contributed by atoms with E-state index in [0.717, 1.165) is 14.6 Å². The van der Waals surface area contributed by atoms with Gasteiger partial charge in [-0.05, 0) is 39.5 Å². The molecule has 0 saturated heterocycles. The van der Waals surface area contributed by atoms with Crippen molar-refractivity contribution in [1.29, 1.82) is 0 Å². The number of carbonyl (C=O) groups excluding carboxylic acids is 2. The SMILES string of the molecule is O=C(NNC(=O)c1cc2ccccc2s1)c1cc(Br)c[nH]1. The largest absolute Gasteiger partial charge is 0.356 e. The molecule has 0 radical (unpaired) electrons. The Labute approximate surface area is 132 Å². The Hall–Kier alpha value is -2.12. The van der Waals surface area contributed by atoms with Gasteiger partial charge < -0.3 is 4.98 Å². The second-order valence-electron chi connectivity index (χ2n) is 4.29. The third-order valence-electron chi connectivity index (χ3n) is 2.83. The number of aromatic amines is 1. The highest BCUT2D eigenvalue weighted by Gasteiger charge is 2.12. The number of fused-ring (bicyclic) bond motifs is 1. The van der Waals surface area contributed by atoms with E-state index in [9.17, 15) is 9.59 Å². The molecule has 7 heteroatoms. The molecular formula is C14H10BrN3O2S. The number of rotatable bonds is 2. The van der Waals surface area contributed by atoms with Crippen molar-refractivity contribution in [2.24, 2.45) is 0 Å². The van der Waals surface area contributed by atoms with Crippen molar-refractivity contribution in [2.75, 3.05) is 0 Å². The molecule has 0 fully saturated rings.